The lowest BCUT2D eigenvalue weighted by atomic mass is 10.0. The van der Waals surface area contributed by atoms with E-state index in [1.54, 1.807) is 0 Å². The summed E-state index contributed by atoms with van der Waals surface area (Å²) in [5.74, 6) is -1.50. The number of carbonyl (C=O) groups is 2. The minimum atomic E-state index is -1.11. The molecule has 1 amide bonds. The number of nitro groups is 1. The second kappa shape index (κ2) is 9.07. The van der Waals surface area contributed by atoms with Gasteiger partial charge < -0.3 is 15.2 Å². The van der Waals surface area contributed by atoms with E-state index in [-0.39, 0.29) is 35.4 Å². The van der Waals surface area contributed by atoms with E-state index in [1.807, 2.05) is 13.8 Å². The predicted octanol–water partition coefficient (Wildman–Crippen LogP) is 2.63. The molecule has 0 bridgehead atoms. The standard InChI is InChI=1S/C15H19ClN2O6/c1-9(2)7-11(15(20)21)17-14(19)5-6-24-13-4-3-10(16)8-12(13)18(22)23/h3-4,8-9,11H,5-7H2,1-2H3,(H,17,19)(H,20,21)/t11-/m0/s1. The van der Waals surface area contributed by atoms with Gasteiger partial charge in [-0.3, -0.25) is 14.9 Å². The molecule has 0 saturated heterocycles. The summed E-state index contributed by atoms with van der Waals surface area (Å²) in [6.07, 6.45) is 0.187. The highest BCUT2D eigenvalue weighted by Gasteiger charge is 2.21. The lowest BCUT2D eigenvalue weighted by molar-refractivity contribution is -0.385. The van der Waals surface area contributed by atoms with E-state index in [9.17, 15) is 19.7 Å². The van der Waals surface area contributed by atoms with Crippen molar-refractivity contribution in [2.45, 2.75) is 32.7 Å². The number of carboxylic acid groups (broad SMARTS) is 1. The first-order valence-electron chi connectivity index (χ1n) is 7.29. The lowest BCUT2D eigenvalue weighted by Gasteiger charge is -2.16. The van der Waals surface area contributed by atoms with Gasteiger partial charge in [0.15, 0.2) is 5.75 Å². The zero-order valence-electron chi connectivity index (χ0n) is 13.3. The van der Waals surface area contributed by atoms with Crippen LogP contribution in [0.5, 0.6) is 5.75 Å². The number of nitro benzene ring substituents is 1. The Labute approximate surface area is 143 Å². The van der Waals surface area contributed by atoms with Crippen molar-refractivity contribution < 1.29 is 24.4 Å². The van der Waals surface area contributed by atoms with Gasteiger partial charge in [0.25, 0.3) is 0 Å². The molecule has 9 heteroatoms. The minimum Gasteiger partial charge on any atom is -0.486 e. The van der Waals surface area contributed by atoms with Crippen LogP contribution in [0.25, 0.3) is 0 Å². The fourth-order valence-corrected chi connectivity index (χ4v) is 2.13. The zero-order valence-corrected chi connectivity index (χ0v) is 14.1. The molecule has 132 valence electrons. The first kappa shape index (κ1) is 19.7. The summed E-state index contributed by atoms with van der Waals surface area (Å²) in [5.41, 5.74) is -0.300. The third-order valence-electron chi connectivity index (χ3n) is 3.04. The first-order valence-corrected chi connectivity index (χ1v) is 7.67. The molecule has 8 nitrogen and oxygen atoms in total. The van der Waals surface area contributed by atoms with Crippen LogP contribution in [0.2, 0.25) is 5.02 Å². The molecule has 24 heavy (non-hydrogen) atoms. The van der Waals surface area contributed by atoms with Gasteiger partial charge in [0.05, 0.1) is 18.0 Å². The molecule has 0 aliphatic rings. The summed E-state index contributed by atoms with van der Waals surface area (Å²) in [7, 11) is 0. The van der Waals surface area contributed by atoms with Gasteiger partial charge in [0, 0.05) is 11.1 Å². The summed E-state index contributed by atoms with van der Waals surface area (Å²) < 4.78 is 5.24. The van der Waals surface area contributed by atoms with E-state index in [1.165, 1.54) is 12.1 Å². The summed E-state index contributed by atoms with van der Waals surface area (Å²) in [4.78, 5) is 33.2. The van der Waals surface area contributed by atoms with Gasteiger partial charge in [-0.15, -0.1) is 0 Å². The summed E-state index contributed by atoms with van der Waals surface area (Å²) >= 11 is 5.69. The van der Waals surface area contributed by atoms with Crippen molar-refractivity contribution in [2.75, 3.05) is 6.61 Å². The monoisotopic (exact) mass is 358 g/mol. The van der Waals surface area contributed by atoms with Gasteiger partial charge in [-0.25, -0.2) is 4.79 Å². The lowest BCUT2D eigenvalue weighted by Crippen LogP contribution is -2.42. The molecular weight excluding hydrogens is 340 g/mol. The van der Waals surface area contributed by atoms with E-state index in [0.717, 1.165) is 6.07 Å². The number of halogens is 1. The van der Waals surface area contributed by atoms with E-state index in [0.29, 0.717) is 6.42 Å². The number of carbonyl (C=O) groups excluding carboxylic acids is 1. The molecule has 0 fully saturated rings. The maximum atomic E-state index is 11.8. The van der Waals surface area contributed by atoms with Gasteiger partial charge in [-0.1, -0.05) is 25.4 Å². The van der Waals surface area contributed by atoms with Crippen molar-refractivity contribution in [3.63, 3.8) is 0 Å². The van der Waals surface area contributed by atoms with Crippen molar-refractivity contribution in [3.05, 3.63) is 33.3 Å². The molecule has 1 aromatic carbocycles. The molecule has 0 aliphatic heterocycles. The number of nitrogens with one attached hydrogen (secondary N) is 1. The third-order valence-corrected chi connectivity index (χ3v) is 3.28. The molecule has 0 spiro atoms. The summed E-state index contributed by atoms with van der Waals surface area (Å²) in [6.45, 7) is 3.58. The normalized spacial score (nSPS) is 11.8. The van der Waals surface area contributed by atoms with Crippen molar-refractivity contribution in [1.29, 1.82) is 0 Å². The van der Waals surface area contributed by atoms with Crippen LogP contribution in [0.1, 0.15) is 26.7 Å². The van der Waals surface area contributed by atoms with Crippen molar-refractivity contribution >= 4 is 29.2 Å². The smallest absolute Gasteiger partial charge is 0.326 e. The van der Waals surface area contributed by atoms with E-state index >= 15 is 0 Å². The van der Waals surface area contributed by atoms with Gasteiger partial charge in [0.1, 0.15) is 6.04 Å². The molecule has 0 unspecified atom stereocenters. The highest BCUT2D eigenvalue weighted by atomic mass is 35.5. The highest BCUT2D eigenvalue weighted by Crippen LogP contribution is 2.29. The number of aliphatic carboxylic acids is 1. The Kier molecular flexibility index (Phi) is 7.44. The SMILES string of the molecule is CC(C)C[C@H](NC(=O)CCOc1ccc(Cl)cc1[N+](=O)[O-])C(=O)O. The van der Waals surface area contributed by atoms with Crippen LogP contribution in [-0.4, -0.2) is 34.6 Å². The largest absolute Gasteiger partial charge is 0.486 e. The molecular formula is C15H19ClN2O6. The molecule has 0 heterocycles. The maximum Gasteiger partial charge on any atom is 0.326 e. The molecule has 0 aliphatic carbocycles. The molecule has 1 rings (SSSR count). The Morgan fingerprint density at radius 2 is 2.08 bits per heavy atom. The van der Waals surface area contributed by atoms with Crippen molar-refractivity contribution in [3.8, 4) is 5.75 Å². The topological polar surface area (TPSA) is 119 Å². The fraction of sp³-hybridized carbons (Fsp3) is 0.467. The Hall–Kier alpha value is -2.35. The van der Waals surface area contributed by atoms with Gasteiger partial charge >= 0.3 is 11.7 Å². The molecule has 2 N–H and O–H groups in total. The van der Waals surface area contributed by atoms with Crippen LogP contribution >= 0.6 is 11.6 Å². The van der Waals surface area contributed by atoms with Gasteiger partial charge in [0.2, 0.25) is 5.91 Å². The highest BCUT2D eigenvalue weighted by molar-refractivity contribution is 6.30. The van der Waals surface area contributed by atoms with Crippen LogP contribution < -0.4 is 10.1 Å². The van der Waals surface area contributed by atoms with Crippen LogP contribution in [-0.2, 0) is 9.59 Å². The van der Waals surface area contributed by atoms with E-state index in [2.05, 4.69) is 5.32 Å². The van der Waals surface area contributed by atoms with Crippen LogP contribution in [0.15, 0.2) is 18.2 Å². The fourth-order valence-electron chi connectivity index (χ4n) is 1.97. The molecule has 0 aromatic heterocycles. The van der Waals surface area contributed by atoms with Crippen LogP contribution in [0.4, 0.5) is 5.69 Å². The zero-order chi connectivity index (χ0) is 18.3. The number of hydrogen-bond acceptors (Lipinski definition) is 5. The first-order chi connectivity index (χ1) is 11.2. The second-order valence-corrected chi connectivity index (χ2v) is 5.99. The molecule has 0 radical (unpaired) electrons. The quantitative estimate of drug-likeness (QED) is 0.517. The predicted molar refractivity (Wildman–Crippen MR) is 87.2 cm³/mol. The Morgan fingerprint density at radius 3 is 2.62 bits per heavy atom. The number of rotatable bonds is 9. The van der Waals surface area contributed by atoms with Crippen LogP contribution in [0, 0.1) is 16.0 Å². The summed E-state index contributed by atoms with van der Waals surface area (Å²) in [5, 5.41) is 22.6. The number of nitrogens with zero attached hydrogens (tertiary/aromatic N) is 1. The third kappa shape index (κ3) is 6.41. The number of amides is 1. The average Bonchev–Trinajstić information content (AvgIpc) is 2.47. The van der Waals surface area contributed by atoms with Gasteiger partial charge in [-0.2, -0.15) is 0 Å². The van der Waals surface area contributed by atoms with Crippen LogP contribution in [0.3, 0.4) is 0 Å². The number of benzene rings is 1. The minimum absolute atomic E-state index is 0.00540. The van der Waals surface area contributed by atoms with E-state index < -0.39 is 22.8 Å². The van der Waals surface area contributed by atoms with Gasteiger partial charge in [-0.05, 0) is 24.5 Å². The molecule has 0 saturated carbocycles. The summed E-state index contributed by atoms with van der Waals surface area (Å²) in [6, 6.07) is 2.96. The number of carboxylic acids is 1. The van der Waals surface area contributed by atoms with E-state index in [4.69, 9.17) is 21.4 Å². The number of hydrogen-bond donors (Lipinski definition) is 2. The molecule has 1 atom stereocenters. The average molecular weight is 359 g/mol. The second-order valence-electron chi connectivity index (χ2n) is 5.56. The number of ether oxygens (including phenoxy) is 1. The Balaban J connectivity index is 2.57. The molecule has 1 aromatic rings. The maximum absolute atomic E-state index is 11.8. The van der Waals surface area contributed by atoms with Crippen molar-refractivity contribution in [1.82, 2.24) is 5.32 Å². The Bertz CT molecular complexity index is 620. The Morgan fingerprint density at radius 1 is 1.42 bits per heavy atom. The van der Waals surface area contributed by atoms with Crippen molar-refractivity contribution in [2.24, 2.45) is 5.92 Å².